The molecule has 4 rings (SSSR count). The van der Waals surface area contributed by atoms with Gasteiger partial charge in [0.2, 0.25) is 17.7 Å². The van der Waals surface area contributed by atoms with Gasteiger partial charge in [-0.15, -0.1) is 0 Å². The van der Waals surface area contributed by atoms with Gasteiger partial charge in [-0.05, 0) is 29.5 Å². The average Bonchev–Trinajstić information content (AvgIpc) is 3.37. The first kappa shape index (κ1) is 27.6. The van der Waals surface area contributed by atoms with E-state index >= 15 is 0 Å². The molecule has 0 aliphatic carbocycles. The standard InChI is InChI=1S/C26H34N6O5S/c1-15-7-8-16(26(2,3)4)11-19(15)37-25-29-18(14-38-25)21(33)30-20-22(34-5)31-24(32-23(20)35-6)28-13-17-12-27-9-10-36-17/h7-8,11,14,17,27H,9-10,12-13H2,1-6H3,(H,30,33)(H,28,31,32). The Morgan fingerprint density at radius 3 is 2.55 bits per heavy atom. The number of amides is 1. The minimum absolute atomic E-state index is 0.00970. The summed E-state index contributed by atoms with van der Waals surface area (Å²) >= 11 is 1.23. The molecule has 1 saturated heterocycles. The van der Waals surface area contributed by atoms with Gasteiger partial charge in [0.1, 0.15) is 11.4 Å². The molecule has 2 aromatic heterocycles. The minimum Gasteiger partial charge on any atom is -0.479 e. The maximum Gasteiger partial charge on any atom is 0.279 e. The highest BCUT2D eigenvalue weighted by Gasteiger charge is 2.22. The second-order valence-electron chi connectivity index (χ2n) is 9.80. The summed E-state index contributed by atoms with van der Waals surface area (Å²) in [7, 11) is 2.91. The molecule has 1 atom stereocenters. The van der Waals surface area contributed by atoms with Crippen LogP contribution in [0.4, 0.5) is 11.6 Å². The van der Waals surface area contributed by atoms with E-state index in [0.29, 0.717) is 30.0 Å². The summed E-state index contributed by atoms with van der Waals surface area (Å²) in [5, 5.41) is 11.2. The van der Waals surface area contributed by atoms with Crippen LogP contribution in [0.25, 0.3) is 0 Å². The third-order valence-electron chi connectivity index (χ3n) is 5.93. The fraction of sp³-hybridized carbons (Fsp3) is 0.462. The van der Waals surface area contributed by atoms with Crippen molar-refractivity contribution in [1.82, 2.24) is 20.3 Å². The van der Waals surface area contributed by atoms with Gasteiger partial charge in [0.25, 0.3) is 11.1 Å². The van der Waals surface area contributed by atoms with E-state index in [1.165, 1.54) is 25.6 Å². The lowest BCUT2D eigenvalue weighted by molar-refractivity contribution is 0.0371. The van der Waals surface area contributed by atoms with E-state index in [4.69, 9.17) is 18.9 Å². The van der Waals surface area contributed by atoms with Crippen LogP contribution in [-0.4, -0.2) is 67.4 Å². The zero-order chi connectivity index (χ0) is 27.3. The van der Waals surface area contributed by atoms with Gasteiger partial charge in [0, 0.05) is 25.0 Å². The van der Waals surface area contributed by atoms with Gasteiger partial charge in [-0.25, -0.2) is 0 Å². The van der Waals surface area contributed by atoms with E-state index in [-0.39, 0.29) is 34.7 Å². The molecule has 0 spiro atoms. The number of nitrogens with one attached hydrogen (secondary N) is 3. The molecule has 204 valence electrons. The topological polar surface area (TPSA) is 129 Å². The number of morpholine rings is 1. The van der Waals surface area contributed by atoms with Crippen molar-refractivity contribution in [2.24, 2.45) is 0 Å². The molecule has 1 fully saturated rings. The van der Waals surface area contributed by atoms with Crippen LogP contribution in [0.15, 0.2) is 23.6 Å². The van der Waals surface area contributed by atoms with Crippen LogP contribution < -0.4 is 30.2 Å². The fourth-order valence-corrected chi connectivity index (χ4v) is 4.38. The van der Waals surface area contributed by atoms with Crippen molar-refractivity contribution in [3.63, 3.8) is 0 Å². The quantitative estimate of drug-likeness (QED) is 0.365. The number of aryl methyl sites for hydroxylation is 1. The number of thiazole rings is 1. The molecule has 1 aromatic carbocycles. The predicted molar refractivity (Wildman–Crippen MR) is 146 cm³/mol. The van der Waals surface area contributed by atoms with Crippen molar-refractivity contribution in [2.45, 2.75) is 39.2 Å². The summed E-state index contributed by atoms with van der Waals surface area (Å²) in [5.41, 5.74) is 2.48. The van der Waals surface area contributed by atoms with Crippen LogP contribution in [0.1, 0.15) is 42.4 Å². The predicted octanol–water partition coefficient (Wildman–Crippen LogP) is 4.00. The van der Waals surface area contributed by atoms with Crippen molar-refractivity contribution in [1.29, 1.82) is 0 Å². The van der Waals surface area contributed by atoms with E-state index in [1.54, 1.807) is 5.38 Å². The van der Waals surface area contributed by atoms with Gasteiger partial charge in [-0.3, -0.25) is 4.79 Å². The number of hydrogen-bond donors (Lipinski definition) is 3. The van der Waals surface area contributed by atoms with Crippen molar-refractivity contribution in [3.8, 4) is 22.7 Å². The normalized spacial score (nSPS) is 15.6. The molecule has 3 N–H and O–H groups in total. The van der Waals surface area contributed by atoms with Crippen LogP contribution in [0, 0.1) is 6.92 Å². The van der Waals surface area contributed by atoms with Crippen molar-refractivity contribution in [2.75, 3.05) is 51.1 Å². The first-order valence-corrected chi connectivity index (χ1v) is 13.2. The highest BCUT2D eigenvalue weighted by molar-refractivity contribution is 7.11. The monoisotopic (exact) mass is 542 g/mol. The van der Waals surface area contributed by atoms with Gasteiger partial charge in [-0.2, -0.15) is 15.0 Å². The number of benzene rings is 1. The van der Waals surface area contributed by atoms with Gasteiger partial charge >= 0.3 is 0 Å². The number of methoxy groups -OCH3 is 2. The molecule has 1 unspecified atom stereocenters. The highest BCUT2D eigenvalue weighted by Crippen LogP contribution is 2.35. The smallest absolute Gasteiger partial charge is 0.279 e. The lowest BCUT2D eigenvalue weighted by Gasteiger charge is -2.24. The number of carbonyl (C=O) groups excluding carboxylic acids is 1. The second-order valence-corrected chi connectivity index (χ2v) is 10.6. The van der Waals surface area contributed by atoms with E-state index in [1.807, 2.05) is 19.1 Å². The molecule has 38 heavy (non-hydrogen) atoms. The molecular weight excluding hydrogens is 508 g/mol. The third-order valence-corrected chi connectivity index (χ3v) is 6.64. The van der Waals surface area contributed by atoms with Crippen LogP contribution in [0.2, 0.25) is 0 Å². The first-order valence-electron chi connectivity index (χ1n) is 12.3. The first-order chi connectivity index (χ1) is 18.2. The van der Waals surface area contributed by atoms with Gasteiger partial charge < -0.3 is 34.9 Å². The SMILES string of the molecule is COc1nc(NCC2CNCCO2)nc(OC)c1NC(=O)c1csc(Oc2cc(C(C)(C)C)ccc2C)n1. The van der Waals surface area contributed by atoms with Crippen LogP contribution in [0.3, 0.4) is 0 Å². The Bertz CT molecular complexity index is 1240. The van der Waals surface area contributed by atoms with E-state index < -0.39 is 5.91 Å². The Balaban J connectivity index is 1.47. The molecule has 3 heterocycles. The minimum atomic E-state index is -0.473. The summed E-state index contributed by atoms with van der Waals surface area (Å²) in [6, 6.07) is 6.12. The lowest BCUT2D eigenvalue weighted by Crippen LogP contribution is -2.42. The summed E-state index contributed by atoms with van der Waals surface area (Å²) in [4.78, 5) is 26.2. The molecule has 1 amide bonds. The molecule has 12 heteroatoms. The molecule has 3 aromatic rings. The average molecular weight is 543 g/mol. The molecular formula is C26H34N6O5S. The van der Waals surface area contributed by atoms with Gasteiger partial charge in [0.05, 0.1) is 26.9 Å². The summed E-state index contributed by atoms with van der Waals surface area (Å²) < 4.78 is 22.6. The van der Waals surface area contributed by atoms with E-state index in [2.05, 4.69) is 57.7 Å². The number of nitrogens with zero attached hydrogens (tertiary/aromatic N) is 3. The highest BCUT2D eigenvalue weighted by atomic mass is 32.1. The lowest BCUT2D eigenvalue weighted by atomic mass is 9.86. The van der Waals surface area contributed by atoms with Crippen LogP contribution >= 0.6 is 11.3 Å². The number of ether oxygens (including phenoxy) is 4. The Labute approximate surface area is 226 Å². The van der Waals surface area contributed by atoms with Gasteiger partial charge in [0.15, 0.2) is 5.69 Å². The Hall–Kier alpha value is -3.48. The Morgan fingerprint density at radius 1 is 1.18 bits per heavy atom. The van der Waals surface area contributed by atoms with Crippen molar-refractivity contribution < 1.29 is 23.7 Å². The van der Waals surface area contributed by atoms with E-state index in [0.717, 1.165) is 24.2 Å². The number of rotatable bonds is 9. The fourth-order valence-electron chi connectivity index (χ4n) is 3.71. The molecule has 11 nitrogen and oxygen atoms in total. The molecule has 1 aliphatic rings. The van der Waals surface area contributed by atoms with Gasteiger partial charge in [-0.1, -0.05) is 44.2 Å². The third kappa shape index (κ3) is 6.69. The maximum absolute atomic E-state index is 13.1. The zero-order valence-electron chi connectivity index (χ0n) is 22.5. The largest absolute Gasteiger partial charge is 0.479 e. The summed E-state index contributed by atoms with van der Waals surface area (Å²) in [6.07, 6.45) is -0.00970. The molecule has 0 radical (unpaired) electrons. The number of anilines is 2. The Kier molecular flexibility index (Phi) is 8.65. The maximum atomic E-state index is 13.1. The second kappa shape index (κ2) is 11.9. The van der Waals surface area contributed by atoms with Crippen LogP contribution in [0.5, 0.6) is 22.7 Å². The molecule has 0 saturated carbocycles. The summed E-state index contributed by atoms with van der Waals surface area (Å²) in [6.45, 7) is 11.1. The summed E-state index contributed by atoms with van der Waals surface area (Å²) in [5.74, 6) is 0.823. The van der Waals surface area contributed by atoms with Crippen LogP contribution in [-0.2, 0) is 10.2 Å². The van der Waals surface area contributed by atoms with Crippen molar-refractivity contribution in [3.05, 3.63) is 40.4 Å². The number of aromatic nitrogens is 3. The number of hydrogen-bond acceptors (Lipinski definition) is 11. The molecule has 0 bridgehead atoms. The number of carbonyl (C=O) groups is 1. The Morgan fingerprint density at radius 2 is 1.92 bits per heavy atom. The zero-order valence-corrected chi connectivity index (χ0v) is 23.3. The van der Waals surface area contributed by atoms with E-state index in [9.17, 15) is 4.79 Å². The van der Waals surface area contributed by atoms with Crippen molar-refractivity contribution >= 4 is 28.9 Å². The molecule has 1 aliphatic heterocycles.